The van der Waals surface area contributed by atoms with Crippen LogP contribution in [0, 0.1) is 11.6 Å². The summed E-state index contributed by atoms with van der Waals surface area (Å²) < 4.78 is 34.3. The summed E-state index contributed by atoms with van der Waals surface area (Å²) >= 11 is 0. The molecule has 146 valence electrons. The molecule has 0 N–H and O–H groups in total. The van der Waals surface area contributed by atoms with E-state index >= 15 is 0 Å². The summed E-state index contributed by atoms with van der Waals surface area (Å²) in [7, 11) is 0. The van der Waals surface area contributed by atoms with Crippen LogP contribution in [-0.4, -0.2) is 6.61 Å². The molecule has 2 aromatic rings. The minimum Gasteiger partial charge on any atom is -0.490 e. The minimum absolute atomic E-state index is 0.00489. The number of hydrogen-bond acceptors (Lipinski definition) is 1. The summed E-state index contributed by atoms with van der Waals surface area (Å²) in [4.78, 5) is 0. The second-order valence-corrected chi connectivity index (χ2v) is 6.81. The monoisotopic (exact) mass is 372 g/mol. The van der Waals surface area contributed by atoms with E-state index in [1.54, 1.807) is 6.07 Å². The average molecular weight is 372 g/mol. The van der Waals surface area contributed by atoms with Crippen molar-refractivity contribution in [3.8, 4) is 16.9 Å². The first-order chi connectivity index (χ1) is 13.2. The molecule has 0 radical (unpaired) electrons. The van der Waals surface area contributed by atoms with Gasteiger partial charge in [-0.2, -0.15) is 4.39 Å². The Balaban J connectivity index is 1.99. The molecule has 0 saturated carbocycles. The van der Waals surface area contributed by atoms with Crippen molar-refractivity contribution in [3.05, 3.63) is 65.7 Å². The SMILES string of the molecule is CC=CCCc1ccc(-c2ccc(OCCCCCCC)c(F)c2F)cc1. The number of aryl methyl sites for hydroxylation is 1. The van der Waals surface area contributed by atoms with E-state index in [0.717, 1.165) is 32.1 Å². The second kappa shape index (κ2) is 11.5. The fourth-order valence-corrected chi connectivity index (χ4v) is 3.02. The van der Waals surface area contributed by atoms with Crippen LogP contribution in [-0.2, 0) is 6.42 Å². The van der Waals surface area contributed by atoms with Crippen molar-refractivity contribution < 1.29 is 13.5 Å². The molecule has 3 heteroatoms. The van der Waals surface area contributed by atoms with Crippen LogP contribution in [0.3, 0.4) is 0 Å². The number of allylic oxidation sites excluding steroid dienone is 2. The van der Waals surface area contributed by atoms with E-state index in [0.29, 0.717) is 12.2 Å². The molecule has 27 heavy (non-hydrogen) atoms. The average Bonchev–Trinajstić information content (AvgIpc) is 2.69. The molecule has 0 fully saturated rings. The molecule has 0 spiro atoms. The maximum absolute atomic E-state index is 14.5. The second-order valence-electron chi connectivity index (χ2n) is 6.81. The van der Waals surface area contributed by atoms with Gasteiger partial charge < -0.3 is 4.74 Å². The molecule has 0 atom stereocenters. The Hall–Kier alpha value is -2.16. The molecule has 0 aliphatic heterocycles. The summed E-state index contributed by atoms with van der Waals surface area (Å²) in [5, 5.41) is 0. The van der Waals surface area contributed by atoms with E-state index in [2.05, 4.69) is 13.0 Å². The van der Waals surface area contributed by atoms with E-state index in [4.69, 9.17) is 4.74 Å². The number of unbranched alkanes of at least 4 members (excludes halogenated alkanes) is 4. The third-order valence-electron chi connectivity index (χ3n) is 4.65. The fourth-order valence-electron chi connectivity index (χ4n) is 3.02. The van der Waals surface area contributed by atoms with Gasteiger partial charge in [-0.15, -0.1) is 0 Å². The van der Waals surface area contributed by atoms with Gasteiger partial charge in [-0.25, -0.2) is 4.39 Å². The molecular formula is C24H30F2O. The molecule has 0 heterocycles. The van der Waals surface area contributed by atoms with Crippen molar-refractivity contribution in [2.24, 2.45) is 0 Å². The minimum atomic E-state index is -0.904. The zero-order valence-electron chi connectivity index (χ0n) is 16.4. The quantitative estimate of drug-likeness (QED) is 0.293. The topological polar surface area (TPSA) is 9.23 Å². The van der Waals surface area contributed by atoms with E-state index in [1.165, 1.54) is 24.5 Å². The highest BCUT2D eigenvalue weighted by Crippen LogP contribution is 2.30. The van der Waals surface area contributed by atoms with Crippen LogP contribution in [0.15, 0.2) is 48.6 Å². The zero-order chi connectivity index (χ0) is 19.5. The fraction of sp³-hybridized carbons (Fsp3) is 0.417. The van der Waals surface area contributed by atoms with Gasteiger partial charge in [-0.1, -0.05) is 69.0 Å². The maximum atomic E-state index is 14.5. The Morgan fingerprint density at radius 2 is 1.63 bits per heavy atom. The number of rotatable bonds is 11. The summed E-state index contributed by atoms with van der Waals surface area (Å²) in [6.45, 7) is 4.58. The smallest absolute Gasteiger partial charge is 0.201 e. The molecule has 0 saturated heterocycles. The van der Waals surface area contributed by atoms with Crippen LogP contribution < -0.4 is 4.74 Å². The lowest BCUT2D eigenvalue weighted by Gasteiger charge is -2.11. The van der Waals surface area contributed by atoms with Crippen molar-refractivity contribution >= 4 is 0 Å². The molecule has 0 aliphatic carbocycles. The Morgan fingerprint density at radius 1 is 0.889 bits per heavy atom. The van der Waals surface area contributed by atoms with E-state index in [9.17, 15) is 8.78 Å². The first kappa shape index (κ1) is 21.1. The number of benzene rings is 2. The largest absolute Gasteiger partial charge is 0.490 e. The lowest BCUT2D eigenvalue weighted by Crippen LogP contribution is -2.01. The van der Waals surface area contributed by atoms with Crippen molar-refractivity contribution in [2.45, 2.75) is 58.8 Å². The van der Waals surface area contributed by atoms with Gasteiger partial charge in [0.2, 0.25) is 5.82 Å². The molecule has 0 aliphatic rings. The lowest BCUT2D eigenvalue weighted by atomic mass is 10.0. The summed E-state index contributed by atoms with van der Waals surface area (Å²) in [5.41, 5.74) is 2.12. The standard InChI is InChI=1S/C24H30F2O/c1-3-5-7-8-10-18-27-22-17-16-21(23(25)24(22)26)20-14-12-19(13-15-20)11-9-6-4-2/h4,6,12-17H,3,5,7-11,18H2,1-2H3. The predicted molar refractivity (Wildman–Crippen MR) is 109 cm³/mol. The molecule has 0 amide bonds. The number of halogens is 2. The van der Waals surface area contributed by atoms with Gasteiger partial charge >= 0.3 is 0 Å². The Kier molecular flexibility index (Phi) is 9.03. The first-order valence-corrected chi connectivity index (χ1v) is 9.98. The van der Waals surface area contributed by atoms with Crippen LogP contribution in [0.5, 0.6) is 5.75 Å². The van der Waals surface area contributed by atoms with Gasteiger partial charge in [0.05, 0.1) is 6.61 Å². The molecule has 2 rings (SSSR count). The predicted octanol–water partition coefficient (Wildman–Crippen LogP) is 7.49. The summed E-state index contributed by atoms with van der Waals surface area (Å²) in [5.74, 6) is -1.76. The summed E-state index contributed by atoms with van der Waals surface area (Å²) in [6, 6.07) is 10.8. The Bertz CT molecular complexity index is 720. The van der Waals surface area contributed by atoms with E-state index < -0.39 is 11.6 Å². The third-order valence-corrected chi connectivity index (χ3v) is 4.65. The van der Waals surface area contributed by atoms with E-state index in [1.807, 2.05) is 37.3 Å². The molecular weight excluding hydrogens is 342 g/mol. The van der Waals surface area contributed by atoms with E-state index in [-0.39, 0.29) is 11.3 Å². The molecule has 0 bridgehead atoms. The van der Waals surface area contributed by atoms with Gasteiger partial charge in [0.1, 0.15) is 0 Å². The highest BCUT2D eigenvalue weighted by atomic mass is 19.2. The van der Waals surface area contributed by atoms with Gasteiger partial charge in [-0.3, -0.25) is 0 Å². The Morgan fingerprint density at radius 3 is 2.33 bits per heavy atom. The molecule has 0 aromatic heterocycles. The normalized spacial score (nSPS) is 11.3. The van der Waals surface area contributed by atoms with Crippen LogP contribution in [0.1, 0.15) is 57.9 Å². The van der Waals surface area contributed by atoms with Gasteiger partial charge in [0, 0.05) is 5.56 Å². The third kappa shape index (κ3) is 6.50. The molecule has 2 aromatic carbocycles. The van der Waals surface area contributed by atoms with Gasteiger partial charge in [0.15, 0.2) is 11.6 Å². The van der Waals surface area contributed by atoms with Crippen LogP contribution in [0.4, 0.5) is 8.78 Å². The van der Waals surface area contributed by atoms with Crippen LogP contribution in [0.2, 0.25) is 0 Å². The van der Waals surface area contributed by atoms with Crippen molar-refractivity contribution in [2.75, 3.05) is 6.61 Å². The highest BCUT2D eigenvalue weighted by Gasteiger charge is 2.15. The zero-order valence-corrected chi connectivity index (χ0v) is 16.4. The molecule has 0 unspecified atom stereocenters. The lowest BCUT2D eigenvalue weighted by molar-refractivity contribution is 0.285. The highest BCUT2D eigenvalue weighted by molar-refractivity contribution is 5.65. The van der Waals surface area contributed by atoms with Gasteiger partial charge in [-0.05, 0) is 49.4 Å². The van der Waals surface area contributed by atoms with Crippen molar-refractivity contribution in [1.82, 2.24) is 0 Å². The van der Waals surface area contributed by atoms with Gasteiger partial charge in [0.25, 0.3) is 0 Å². The van der Waals surface area contributed by atoms with Crippen molar-refractivity contribution in [1.29, 1.82) is 0 Å². The van der Waals surface area contributed by atoms with Crippen molar-refractivity contribution in [3.63, 3.8) is 0 Å². The summed E-state index contributed by atoms with van der Waals surface area (Å²) in [6.07, 6.45) is 11.5. The first-order valence-electron chi connectivity index (χ1n) is 9.98. The number of hydrogen-bond donors (Lipinski definition) is 0. The molecule has 1 nitrogen and oxygen atoms in total. The Labute approximate surface area is 162 Å². The van der Waals surface area contributed by atoms with Crippen LogP contribution >= 0.6 is 0 Å². The maximum Gasteiger partial charge on any atom is 0.201 e. The number of ether oxygens (including phenoxy) is 1. The van der Waals surface area contributed by atoms with Crippen LogP contribution in [0.25, 0.3) is 11.1 Å².